The summed E-state index contributed by atoms with van der Waals surface area (Å²) in [5.41, 5.74) is 0.534. The lowest BCUT2D eigenvalue weighted by atomic mass is 9.98. The number of halogens is 2. The van der Waals surface area contributed by atoms with E-state index in [0.717, 1.165) is 18.4 Å². The van der Waals surface area contributed by atoms with E-state index in [1.807, 2.05) is 0 Å². The maximum absolute atomic E-state index is 8.97. The minimum atomic E-state index is -0.345. The zero-order valence-electron chi connectivity index (χ0n) is 6.85. The summed E-state index contributed by atoms with van der Waals surface area (Å²) in [5, 5.41) is 10.3. The van der Waals surface area contributed by atoms with Crippen LogP contribution >= 0.6 is 23.2 Å². The van der Waals surface area contributed by atoms with Crippen LogP contribution in [0.15, 0.2) is 18.2 Å². The maximum Gasteiger partial charge on any atom is 0.0838 e. The maximum atomic E-state index is 8.97. The molecule has 0 bridgehead atoms. The van der Waals surface area contributed by atoms with Gasteiger partial charge in [-0.2, -0.15) is 5.26 Å². The molecule has 1 saturated carbocycles. The van der Waals surface area contributed by atoms with Crippen molar-refractivity contribution >= 4 is 23.2 Å². The SMILES string of the molecule is N#CC1(c2cc(Cl)ccc2Cl)CC1. The number of rotatable bonds is 1. The van der Waals surface area contributed by atoms with E-state index in [4.69, 9.17) is 28.5 Å². The van der Waals surface area contributed by atoms with Gasteiger partial charge in [-0.05, 0) is 36.6 Å². The van der Waals surface area contributed by atoms with Crippen LogP contribution in [-0.2, 0) is 5.41 Å². The summed E-state index contributed by atoms with van der Waals surface area (Å²) in [4.78, 5) is 0. The van der Waals surface area contributed by atoms with Crippen LogP contribution in [-0.4, -0.2) is 0 Å². The van der Waals surface area contributed by atoms with Crippen LogP contribution < -0.4 is 0 Å². The molecule has 0 spiro atoms. The highest BCUT2D eigenvalue weighted by Crippen LogP contribution is 2.50. The van der Waals surface area contributed by atoms with Gasteiger partial charge in [0.05, 0.1) is 11.5 Å². The largest absolute Gasteiger partial charge is 0.197 e. The van der Waals surface area contributed by atoms with E-state index in [2.05, 4.69) is 6.07 Å². The Hall–Kier alpha value is -0.710. The normalized spacial score (nSPS) is 17.9. The Balaban J connectivity index is 2.52. The Bertz CT molecular complexity index is 388. The second kappa shape index (κ2) is 2.90. The summed E-state index contributed by atoms with van der Waals surface area (Å²) in [6, 6.07) is 7.57. The molecular formula is C10H7Cl2N. The fraction of sp³-hybridized carbons (Fsp3) is 0.300. The van der Waals surface area contributed by atoms with E-state index in [-0.39, 0.29) is 5.41 Å². The molecule has 0 aliphatic heterocycles. The molecule has 1 aromatic rings. The van der Waals surface area contributed by atoms with E-state index < -0.39 is 0 Å². The smallest absolute Gasteiger partial charge is 0.0838 e. The standard InChI is InChI=1S/C10H7Cl2N/c11-7-1-2-9(12)8(5-7)10(6-13)3-4-10/h1-2,5H,3-4H2. The molecule has 1 aliphatic rings. The lowest BCUT2D eigenvalue weighted by Gasteiger charge is -2.08. The molecule has 3 heteroatoms. The molecule has 1 fully saturated rings. The first-order chi connectivity index (χ1) is 6.18. The lowest BCUT2D eigenvalue weighted by molar-refractivity contribution is 0.909. The molecule has 1 nitrogen and oxygen atoms in total. The van der Waals surface area contributed by atoms with Crippen molar-refractivity contribution in [2.24, 2.45) is 0 Å². The Kier molecular flexibility index (Phi) is 1.98. The van der Waals surface area contributed by atoms with Crippen molar-refractivity contribution < 1.29 is 0 Å². The van der Waals surface area contributed by atoms with Gasteiger partial charge in [0.25, 0.3) is 0 Å². The summed E-state index contributed by atoms with van der Waals surface area (Å²) in [7, 11) is 0. The van der Waals surface area contributed by atoms with Crippen LogP contribution in [0.4, 0.5) is 0 Å². The fourth-order valence-corrected chi connectivity index (χ4v) is 1.90. The zero-order chi connectivity index (χ0) is 9.47. The lowest BCUT2D eigenvalue weighted by Crippen LogP contribution is -2.02. The van der Waals surface area contributed by atoms with E-state index in [1.54, 1.807) is 18.2 Å². The Morgan fingerprint density at radius 3 is 2.54 bits per heavy atom. The van der Waals surface area contributed by atoms with Gasteiger partial charge in [0, 0.05) is 10.0 Å². The predicted octanol–water partition coefficient (Wildman–Crippen LogP) is 3.55. The molecule has 1 aliphatic carbocycles. The van der Waals surface area contributed by atoms with E-state index in [0.29, 0.717) is 10.0 Å². The number of nitrogens with zero attached hydrogens (tertiary/aromatic N) is 1. The van der Waals surface area contributed by atoms with Gasteiger partial charge in [0.2, 0.25) is 0 Å². The van der Waals surface area contributed by atoms with Crippen LogP contribution in [0.3, 0.4) is 0 Å². The molecule has 0 radical (unpaired) electrons. The number of hydrogen-bond donors (Lipinski definition) is 0. The third-order valence-electron chi connectivity index (χ3n) is 2.41. The van der Waals surface area contributed by atoms with Crippen molar-refractivity contribution in [1.82, 2.24) is 0 Å². The quantitative estimate of drug-likeness (QED) is 0.698. The molecule has 0 saturated heterocycles. The summed E-state index contributed by atoms with van der Waals surface area (Å²) in [6.07, 6.45) is 1.78. The number of benzene rings is 1. The van der Waals surface area contributed by atoms with Crippen LogP contribution in [0.25, 0.3) is 0 Å². The minimum Gasteiger partial charge on any atom is -0.197 e. The molecule has 0 aromatic heterocycles. The van der Waals surface area contributed by atoms with E-state index in [1.165, 1.54) is 0 Å². The van der Waals surface area contributed by atoms with Gasteiger partial charge in [-0.1, -0.05) is 23.2 Å². The van der Waals surface area contributed by atoms with Crippen molar-refractivity contribution in [2.75, 3.05) is 0 Å². The molecule has 0 N–H and O–H groups in total. The van der Waals surface area contributed by atoms with Gasteiger partial charge in [-0.15, -0.1) is 0 Å². The molecule has 66 valence electrons. The molecular weight excluding hydrogens is 205 g/mol. The molecule has 2 rings (SSSR count). The highest BCUT2D eigenvalue weighted by molar-refractivity contribution is 6.33. The second-order valence-electron chi connectivity index (χ2n) is 3.32. The third-order valence-corrected chi connectivity index (χ3v) is 2.97. The van der Waals surface area contributed by atoms with Crippen molar-refractivity contribution in [2.45, 2.75) is 18.3 Å². The van der Waals surface area contributed by atoms with Crippen LogP contribution in [0.1, 0.15) is 18.4 Å². The first kappa shape index (κ1) is 8.87. The zero-order valence-corrected chi connectivity index (χ0v) is 8.36. The van der Waals surface area contributed by atoms with Crippen LogP contribution in [0, 0.1) is 11.3 Å². The van der Waals surface area contributed by atoms with Crippen molar-refractivity contribution in [3.63, 3.8) is 0 Å². The van der Waals surface area contributed by atoms with Gasteiger partial charge in [0.15, 0.2) is 0 Å². The molecule has 1 aromatic carbocycles. The molecule has 13 heavy (non-hydrogen) atoms. The monoisotopic (exact) mass is 211 g/mol. The summed E-state index contributed by atoms with van der Waals surface area (Å²) < 4.78 is 0. The van der Waals surface area contributed by atoms with Crippen LogP contribution in [0.2, 0.25) is 10.0 Å². The minimum absolute atomic E-state index is 0.345. The number of nitriles is 1. The second-order valence-corrected chi connectivity index (χ2v) is 4.16. The number of hydrogen-bond acceptors (Lipinski definition) is 1. The highest BCUT2D eigenvalue weighted by Gasteiger charge is 2.46. The van der Waals surface area contributed by atoms with Gasteiger partial charge < -0.3 is 0 Å². The first-order valence-electron chi connectivity index (χ1n) is 4.05. The average Bonchev–Trinajstić information content (AvgIpc) is 2.90. The Morgan fingerprint density at radius 1 is 1.31 bits per heavy atom. The highest BCUT2D eigenvalue weighted by atomic mass is 35.5. The van der Waals surface area contributed by atoms with Gasteiger partial charge in [-0.25, -0.2) is 0 Å². The van der Waals surface area contributed by atoms with E-state index in [9.17, 15) is 0 Å². The van der Waals surface area contributed by atoms with E-state index >= 15 is 0 Å². The molecule has 0 unspecified atom stereocenters. The van der Waals surface area contributed by atoms with Crippen molar-refractivity contribution in [3.05, 3.63) is 33.8 Å². The molecule has 0 heterocycles. The van der Waals surface area contributed by atoms with Gasteiger partial charge >= 0.3 is 0 Å². The first-order valence-corrected chi connectivity index (χ1v) is 4.80. The molecule has 0 atom stereocenters. The predicted molar refractivity (Wildman–Crippen MR) is 53.0 cm³/mol. The van der Waals surface area contributed by atoms with Gasteiger partial charge in [-0.3, -0.25) is 0 Å². The van der Waals surface area contributed by atoms with Crippen molar-refractivity contribution in [1.29, 1.82) is 5.26 Å². The molecule has 0 amide bonds. The average molecular weight is 212 g/mol. The Labute approximate surface area is 86.9 Å². The topological polar surface area (TPSA) is 23.8 Å². The summed E-state index contributed by atoms with van der Waals surface area (Å²) >= 11 is 11.8. The summed E-state index contributed by atoms with van der Waals surface area (Å²) in [5.74, 6) is 0. The Morgan fingerprint density at radius 2 is 2.00 bits per heavy atom. The third kappa shape index (κ3) is 1.41. The van der Waals surface area contributed by atoms with Gasteiger partial charge in [0.1, 0.15) is 0 Å². The summed E-state index contributed by atoms with van der Waals surface area (Å²) in [6.45, 7) is 0. The van der Waals surface area contributed by atoms with Crippen molar-refractivity contribution in [3.8, 4) is 6.07 Å². The van der Waals surface area contributed by atoms with Crippen LogP contribution in [0.5, 0.6) is 0 Å². The fourth-order valence-electron chi connectivity index (χ4n) is 1.43.